The molecule has 2 heterocycles. The molecule has 5 atom stereocenters. The first-order valence-corrected chi connectivity index (χ1v) is 18.0. The van der Waals surface area contributed by atoms with E-state index in [1.165, 1.54) is 0 Å². The third-order valence-corrected chi connectivity index (χ3v) is 9.46. The smallest absolute Gasteiger partial charge is 0.222 e. The maximum absolute atomic E-state index is 13.1. The first-order chi connectivity index (χ1) is 26.1. The van der Waals surface area contributed by atoms with Crippen LogP contribution in [0.2, 0.25) is 0 Å². The van der Waals surface area contributed by atoms with Crippen molar-refractivity contribution in [2.45, 2.75) is 62.9 Å². The van der Waals surface area contributed by atoms with Gasteiger partial charge in [-0.3, -0.25) is 0 Å². The minimum atomic E-state index is -2.04. The summed E-state index contributed by atoms with van der Waals surface area (Å²) < 4.78 is 51.0. The molecule has 5 aromatic rings. The van der Waals surface area contributed by atoms with E-state index in [-0.39, 0.29) is 26.4 Å². The van der Waals surface area contributed by atoms with Gasteiger partial charge in [-0.25, -0.2) is 0 Å². The van der Waals surface area contributed by atoms with Crippen LogP contribution in [0.3, 0.4) is 0 Å². The highest BCUT2D eigenvalue weighted by Gasteiger charge is 2.57. The largest absolute Gasteiger partial charge is 0.496 e. The fraction of sp³-hybridized carbons (Fsp3) is 0.318. The quantitative estimate of drug-likeness (QED) is 0.113. The highest BCUT2D eigenvalue weighted by Crippen LogP contribution is 2.44. The SMILES string of the molecule is COc1ccc(C2(O)O[C@H](COCc3ccccc3)[C@@H](OCc3ccccc3)[C@H](OCc3ccccc3)[C@H]2OCc2ccccc2)cc1C1OCCO1. The summed E-state index contributed by atoms with van der Waals surface area (Å²) in [5.41, 5.74) is 4.94. The van der Waals surface area contributed by atoms with Gasteiger partial charge in [0, 0.05) is 5.56 Å². The van der Waals surface area contributed by atoms with E-state index >= 15 is 0 Å². The molecule has 2 aliphatic rings. The Kier molecular flexibility index (Phi) is 12.6. The van der Waals surface area contributed by atoms with Crippen LogP contribution in [0.25, 0.3) is 0 Å². The molecule has 5 aromatic carbocycles. The molecule has 0 spiro atoms. The van der Waals surface area contributed by atoms with E-state index in [4.69, 9.17) is 37.9 Å². The maximum Gasteiger partial charge on any atom is 0.222 e. The molecule has 9 nitrogen and oxygen atoms in total. The van der Waals surface area contributed by atoms with Crippen LogP contribution in [-0.4, -0.2) is 56.5 Å². The average Bonchev–Trinajstić information content (AvgIpc) is 3.76. The summed E-state index contributed by atoms with van der Waals surface area (Å²) >= 11 is 0. The Morgan fingerprint density at radius 3 is 1.62 bits per heavy atom. The molecule has 0 radical (unpaired) electrons. The molecule has 7 rings (SSSR count). The van der Waals surface area contributed by atoms with Crippen LogP contribution in [0.15, 0.2) is 140 Å². The summed E-state index contributed by atoms with van der Waals surface area (Å²) in [5, 5.41) is 13.1. The lowest BCUT2D eigenvalue weighted by Crippen LogP contribution is -2.65. The Morgan fingerprint density at radius 1 is 0.604 bits per heavy atom. The Hall–Kier alpha value is -4.42. The maximum atomic E-state index is 13.1. The van der Waals surface area contributed by atoms with Gasteiger partial charge in [0.25, 0.3) is 0 Å². The second kappa shape index (κ2) is 18.1. The minimum absolute atomic E-state index is 0.102. The van der Waals surface area contributed by atoms with Crippen molar-refractivity contribution >= 4 is 0 Å². The first-order valence-electron chi connectivity index (χ1n) is 18.0. The summed E-state index contributed by atoms with van der Waals surface area (Å²) in [5.74, 6) is -1.48. The van der Waals surface area contributed by atoms with E-state index < -0.39 is 36.5 Å². The third-order valence-electron chi connectivity index (χ3n) is 9.46. The highest BCUT2D eigenvalue weighted by molar-refractivity contribution is 5.41. The number of methoxy groups -OCH3 is 1. The summed E-state index contributed by atoms with van der Waals surface area (Å²) in [4.78, 5) is 0. The number of hydrogen-bond donors (Lipinski definition) is 1. The summed E-state index contributed by atoms with van der Waals surface area (Å²) in [6.45, 7) is 2.04. The van der Waals surface area contributed by atoms with Crippen LogP contribution in [0, 0.1) is 0 Å². The molecular formula is C44H46O9. The highest BCUT2D eigenvalue weighted by atomic mass is 16.7. The Bertz CT molecular complexity index is 1820. The molecule has 53 heavy (non-hydrogen) atoms. The molecule has 276 valence electrons. The molecule has 0 saturated carbocycles. The van der Waals surface area contributed by atoms with Crippen LogP contribution in [0.4, 0.5) is 0 Å². The van der Waals surface area contributed by atoms with Crippen LogP contribution in [0.5, 0.6) is 5.75 Å². The monoisotopic (exact) mass is 718 g/mol. The Labute approximate surface area is 310 Å². The third kappa shape index (κ3) is 9.21. The zero-order valence-electron chi connectivity index (χ0n) is 29.8. The Balaban J connectivity index is 1.30. The van der Waals surface area contributed by atoms with Crippen molar-refractivity contribution in [2.75, 3.05) is 26.9 Å². The molecule has 1 unspecified atom stereocenters. The number of aliphatic hydroxyl groups is 1. The molecular weight excluding hydrogens is 672 g/mol. The molecule has 0 aliphatic carbocycles. The summed E-state index contributed by atoms with van der Waals surface area (Å²) in [6, 6.07) is 45.0. The van der Waals surface area contributed by atoms with E-state index in [9.17, 15) is 5.11 Å². The topological polar surface area (TPSA) is 94.1 Å². The van der Waals surface area contributed by atoms with Crippen molar-refractivity contribution in [1.29, 1.82) is 0 Å². The van der Waals surface area contributed by atoms with Crippen molar-refractivity contribution in [2.24, 2.45) is 0 Å². The van der Waals surface area contributed by atoms with E-state index in [0.29, 0.717) is 36.7 Å². The van der Waals surface area contributed by atoms with Gasteiger partial charge < -0.3 is 43.0 Å². The summed E-state index contributed by atoms with van der Waals surface area (Å²) in [6.07, 6.45) is -4.05. The average molecular weight is 719 g/mol. The number of benzene rings is 5. The van der Waals surface area contributed by atoms with Gasteiger partial charge in [-0.05, 0) is 40.5 Å². The van der Waals surface area contributed by atoms with E-state index in [1.54, 1.807) is 25.3 Å². The molecule has 2 fully saturated rings. The van der Waals surface area contributed by atoms with E-state index in [2.05, 4.69) is 0 Å². The van der Waals surface area contributed by atoms with Crippen molar-refractivity contribution in [3.8, 4) is 5.75 Å². The number of ether oxygens (including phenoxy) is 8. The van der Waals surface area contributed by atoms with Crippen LogP contribution in [-0.2, 0) is 65.4 Å². The van der Waals surface area contributed by atoms with Crippen molar-refractivity contribution in [3.05, 3.63) is 173 Å². The van der Waals surface area contributed by atoms with E-state index in [0.717, 1.165) is 22.3 Å². The lowest BCUT2D eigenvalue weighted by atomic mass is 9.86. The van der Waals surface area contributed by atoms with Gasteiger partial charge in [0.1, 0.15) is 30.2 Å². The van der Waals surface area contributed by atoms with Crippen LogP contribution >= 0.6 is 0 Å². The van der Waals surface area contributed by atoms with Gasteiger partial charge >= 0.3 is 0 Å². The lowest BCUT2D eigenvalue weighted by molar-refractivity contribution is -0.378. The standard InChI is InChI=1S/C44H46O9/c1-46-38-23-22-36(26-37(38)43-48-24-25-49-43)44(45)42(52-30-35-20-12-5-13-21-35)41(51-29-34-18-10-4-11-19-34)40(50-28-33-16-8-3-9-17-33)39(53-44)31-47-27-32-14-6-2-7-15-32/h2-23,26,39-43,45H,24-25,27-31H2,1H3/t39-,40-,41+,42-,44?/m1/s1. The normalized spacial score (nSPS) is 23.2. The molecule has 2 aliphatic heterocycles. The zero-order chi connectivity index (χ0) is 36.3. The predicted molar refractivity (Wildman–Crippen MR) is 198 cm³/mol. The van der Waals surface area contributed by atoms with Crippen molar-refractivity contribution < 1.29 is 43.0 Å². The van der Waals surface area contributed by atoms with Gasteiger partial charge in [-0.15, -0.1) is 0 Å². The van der Waals surface area contributed by atoms with Gasteiger partial charge in [0.2, 0.25) is 5.79 Å². The predicted octanol–water partition coefficient (Wildman–Crippen LogP) is 7.26. The molecule has 0 amide bonds. The van der Waals surface area contributed by atoms with Gasteiger partial charge in [-0.1, -0.05) is 121 Å². The van der Waals surface area contributed by atoms with Crippen molar-refractivity contribution in [3.63, 3.8) is 0 Å². The first kappa shape index (κ1) is 36.9. The second-order valence-electron chi connectivity index (χ2n) is 13.1. The second-order valence-corrected chi connectivity index (χ2v) is 13.1. The van der Waals surface area contributed by atoms with Gasteiger partial charge in [0.15, 0.2) is 6.29 Å². The lowest BCUT2D eigenvalue weighted by Gasteiger charge is -2.50. The van der Waals surface area contributed by atoms with E-state index in [1.807, 2.05) is 121 Å². The molecule has 1 N–H and O–H groups in total. The molecule has 0 bridgehead atoms. The molecule has 0 aromatic heterocycles. The molecule has 9 heteroatoms. The number of hydrogen-bond acceptors (Lipinski definition) is 9. The molecule has 2 saturated heterocycles. The van der Waals surface area contributed by atoms with Gasteiger partial charge in [0.05, 0.1) is 58.9 Å². The fourth-order valence-corrected chi connectivity index (χ4v) is 6.76. The number of rotatable bonds is 16. The zero-order valence-corrected chi connectivity index (χ0v) is 29.8. The van der Waals surface area contributed by atoms with Crippen LogP contribution in [0.1, 0.15) is 39.7 Å². The Morgan fingerprint density at radius 2 is 1.09 bits per heavy atom. The van der Waals surface area contributed by atoms with Gasteiger partial charge in [-0.2, -0.15) is 0 Å². The summed E-state index contributed by atoms with van der Waals surface area (Å²) in [7, 11) is 1.59. The van der Waals surface area contributed by atoms with Crippen LogP contribution < -0.4 is 4.74 Å². The van der Waals surface area contributed by atoms with Crippen molar-refractivity contribution in [1.82, 2.24) is 0 Å². The minimum Gasteiger partial charge on any atom is -0.496 e. The fourth-order valence-electron chi connectivity index (χ4n) is 6.76.